The zero-order valence-electron chi connectivity index (χ0n) is 17.2. The van der Waals surface area contributed by atoms with Gasteiger partial charge >= 0.3 is 6.18 Å². The zero-order valence-corrected chi connectivity index (χ0v) is 18.0. The fourth-order valence-electron chi connectivity index (χ4n) is 3.56. The van der Waals surface area contributed by atoms with Crippen molar-refractivity contribution >= 4 is 20.7 Å². The minimum Gasteiger partial charge on any atom is -0.494 e. The molecular weight excluding hydrogens is 447 g/mol. The van der Waals surface area contributed by atoms with Crippen LogP contribution in [0.1, 0.15) is 11.3 Å². The number of pyridine rings is 2. The van der Waals surface area contributed by atoms with E-state index in [1.165, 1.54) is 35.4 Å². The van der Waals surface area contributed by atoms with Gasteiger partial charge in [-0.3, -0.25) is 14.2 Å². The Morgan fingerprint density at radius 2 is 1.84 bits per heavy atom. The third kappa shape index (κ3) is 3.93. The van der Waals surface area contributed by atoms with Crippen molar-refractivity contribution in [3.05, 3.63) is 48.2 Å². The van der Waals surface area contributed by atoms with Crippen molar-refractivity contribution in [2.45, 2.75) is 31.5 Å². The van der Waals surface area contributed by atoms with Crippen molar-refractivity contribution in [3.8, 4) is 22.8 Å². The molecule has 0 bridgehead atoms. The summed E-state index contributed by atoms with van der Waals surface area (Å²) in [5, 5.41) is 15.0. The Labute approximate surface area is 180 Å². The summed E-state index contributed by atoms with van der Waals surface area (Å²) >= 11 is 0. The molecule has 0 unspecified atom stereocenters. The van der Waals surface area contributed by atoms with Gasteiger partial charge in [0.1, 0.15) is 6.54 Å². The van der Waals surface area contributed by atoms with Crippen molar-refractivity contribution in [1.29, 1.82) is 0 Å². The van der Waals surface area contributed by atoms with Crippen LogP contribution in [0.25, 0.3) is 27.8 Å². The van der Waals surface area contributed by atoms with E-state index in [4.69, 9.17) is 0 Å². The smallest absolute Gasteiger partial charge is 0.408 e. The molecule has 0 saturated carbocycles. The molecule has 0 aliphatic carbocycles. The van der Waals surface area contributed by atoms with Crippen molar-refractivity contribution < 1.29 is 26.7 Å². The molecule has 0 amide bonds. The van der Waals surface area contributed by atoms with Gasteiger partial charge in [-0.15, -0.1) is 0 Å². The first kappa shape index (κ1) is 21.8. The highest BCUT2D eigenvalue weighted by atomic mass is 32.2. The van der Waals surface area contributed by atoms with E-state index in [0.29, 0.717) is 33.4 Å². The number of aromatic nitrogens is 5. The molecule has 0 atom stereocenters. The summed E-state index contributed by atoms with van der Waals surface area (Å²) in [5.41, 5.74) is 2.73. The maximum absolute atomic E-state index is 12.7. The molecular formula is C20H18F3N5O3S. The van der Waals surface area contributed by atoms with Gasteiger partial charge in [0.2, 0.25) is 5.88 Å². The Morgan fingerprint density at radius 1 is 1.12 bits per heavy atom. The van der Waals surface area contributed by atoms with Gasteiger partial charge in [0.05, 0.1) is 33.4 Å². The standard InChI is InChI=1S/C20H18F3N5O3S/c1-11-4-16(13-5-15(8-24-6-13)32(3,30)31)26-18-12(2)28(19(29)17(11)18)14-7-25-27(9-14)10-20(21,22)23/h4-9,29H,10H2,1-3H3. The maximum atomic E-state index is 12.7. The minimum atomic E-state index is -4.43. The molecule has 0 aromatic carbocycles. The topological polar surface area (TPSA) is 103 Å². The summed E-state index contributed by atoms with van der Waals surface area (Å²) in [7, 11) is -3.47. The second kappa shape index (κ2) is 7.33. The van der Waals surface area contributed by atoms with E-state index in [0.717, 1.165) is 10.9 Å². The number of halogens is 3. The van der Waals surface area contributed by atoms with Gasteiger partial charge in [0.25, 0.3) is 0 Å². The molecule has 1 N–H and O–H groups in total. The van der Waals surface area contributed by atoms with Crippen molar-refractivity contribution in [2.75, 3.05) is 6.26 Å². The Hall–Kier alpha value is -3.41. The first-order valence-corrected chi connectivity index (χ1v) is 11.2. The molecule has 0 radical (unpaired) electrons. The van der Waals surface area contributed by atoms with Crippen LogP contribution in [0.3, 0.4) is 0 Å². The highest BCUT2D eigenvalue weighted by Gasteiger charge is 2.29. The molecule has 0 spiro atoms. The number of nitrogens with zero attached hydrogens (tertiary/aromatic N) is 5. The number of fused-ring (bicyclic) bond motifs is 1. The molecule has 0 saturated heterocycles. The molecule has 4 aromatic heterocycles. The highest BCUT2D eigenvalue weighted by Crippen LogP contribution is 2.37. The third-order valence-corrected chi connectivity index (χ3v) is 6.07. The van der Waals surface area contributed by atoms with Crippen LogP contribution < -0.4 is 0 Å². The number of rotatable bonds is 4. The Balaban J connectivity index is 1.86. The van der Waals surface area contributed by atoms with E-state index in [1.807, 2.05) is 0 Å². The average molecular weight is 465 g/mol. The molecule has 4 heterocycles. The lowest BCUT2D eigenvalue weighted by molar-refractivity contribution is -0.142. The van der Waals surface area contributed by atoms with Gasteiger partial charge in [-0.1, -0.05) is 0 Å². The summed E-state index contributed by atoms with van der Waals surface area (Å²) in [5.74, 6) is -0.177. The van der Waals surface area contributed by atoms with E-state index in [-0.39, 0.29) is 16.5 Å². The SMILES string of the molecule is Cc1cc(-c2cncc(S(C)(=O)=O)c2)nc2c(C)n(-c3cnn(CC(F)(F)F)c3)c(O)c12. The molecule has 4 rings (SSSR count). The van der Waals surface area contributed by atoms with Crippen LogP contribution in [-0.4, -0.2) is 50.3 Å². The Bertz CT molecular complexity index is 1460. The Morgan fingerprint density at radius 3 is 2.50 bits per heavy atom. The van der Waals surface area contributed by atoms with Gasteiger partial charge in [-0.25, -0.2) is 13.4 Å². The van der Waals surface area contributed by atoms with Crippen LogP contribution >= 0.6 is 0 Å². The maximum Gasteiger partial charge on any atom is 0.408 e. The van der Waals surface area contributed by atoms with Crippen LogP contribution in [0, 0.1) is 13.8 Å². The number of aryl methyl sites for hydroxylation is 2. The highest BCUT2D eigenvalue weighted by molar-refractivity contribution is 7.90. The van der Waals surface area contributed by atoms with Gasteiger partial charge in [0.15, 0.2) is 9.84 Å². The van der Waals surface area contributed by atoms with Crippen molar-refractivity contribution in [2.24, 2.45) is 0 Å². The zero-order chi connectivity index (χ0) is 23.4. The average Bonchev–Trinajstić information content (AvgIpc) is 3.22. The van der Waals surface area contributed by atoms with E-state index < -0.39 is 22.6 Å². The fraction of sp³-hybridized carbons (Fsp3) is 0.250. The summed E-state index contributed by atoms with van der Waals surface area (Å²) in [6, 6.07) is 3.14. The van der Waals surface area contributed by atoms with Crippen LogP contribution in [0.15, 0.2) is 41.8 Å². The van der Waals surface area contributed by atoms with Crippen LogP contribution in [0.2, 0.25) is 0 Å². The predicted octanol–water partition coefficient (Wildman–Crippen LogP) is 3.57. The van der Waals surface area contributed by atoms with Crippen LogP contribution in [0.5, 0.6) is 5.88 Å². The quantitative estimate of drug-likeness (QED) is 0.494. The molecule has 32 heavy (non-hydrogen) atoms. The lowest BCUT2D eigenvalue weighted by atomic mass is 10.1. The van der Waals surface area contributed by atoms with Gasteiger partial charge < -0.3 is 5.11 Å². The van der Waals surface area contributed by atoms with Gasteiger partial charge in [-0.05, 0) is 31.5 Å². The Kier molecular flexibility index (Phi) is 4.99. The number of hydrogen-bond acceptors (Lipinski definition) is 6. The van der Waals surface area contributed by atoms with Crippen molar-refractivity contribution in [3.63, 3.8) is 0 Å². The van der Waals surface area contributed by atoms with Gasteiger partial charge in [0, 0.05) is 36.1 Å². The molecule has 0 fully saturated rings. The monoisotopic (exact) mass is 465 g/mol. The first-order valence-electron chi connectivity index (χ1n) is 9.32. The first-order chi connectivity index (χ1) is 14.8. The van der Waals surface area contributed by atoms with E-state index in [2.05, 4.69) is 15.1 Å². The number of sulfone groups is 1. The molecule has 0 aliphatic heterocycles. The largest absolute Gasteiger partial charge is 0.494 e. The normalized spacial score (nSPS) is 12.6. The summed E-state index contributed by atoms with van der Waals surface area (Å²) in [6.07, 6.45) is 1.80. The van der Waals surface area contributed by atoms with Crippen molar-refractivity contribution in [1.82, 2.24) is 24.3 Å². The second-order valence-electron chi connectivity index (χ2n) is 7.49. The summed E-state index contributed by atoms with van der Waals surface area (Å²) < 4.78 is 63.9. The fourth-order valence-corrected chi connectivity index (χ4v) is 4.15. The number of alkyl halides is 3. The summed E-state index contributed by atoms with van der Waals surface area (Å²) in [6.45, 7) is 2.17. The molecule has 0 aliphatic rings. The van der Waals surface area contributed by atoms with Crippen LogP contribution in [0.4, 0.5) is 13.2 Å². The molecule has 168 valence electrons. The summed E-state index contributed by atoms with van der Waals surface area (Å²) in [4.78, 5) is 8.61. The lowest BCUT2D eigenvalue weighted by Gasteiger charge is -2.06. The van der Waals surface area contributed by atoms with E-state index in [1.54, 1.807) is 19.9 Å². The third-order valence-electron chi connectivity index (χ3n) is 4.99. The van der Waals surface area contributed by atoms with E-state index in [9.17, 15) is 26.7 Å². The van der Waals surface area contributed by atoms with E-state index >= 15 is 0 Å². The van der Waals surface area contributed by atoms with Crippen LogP contribution in [-0.2, 0) is 16.4 Å². The predicted molar refractivity (Wildman–Crippen MR) is 110 cm³/mol. The lowest BCUT2D eigenvalue weighted by Crippen LogP contribution is -2.17. The number of hydrogen-bond donors (Lipinski definition) is 1. The molecule has 12 heteroatoms. The minimum absolute atomic E-state index is 0.0452. The number of aromatic hydroxyl groups is 1. The second-order valence-corrected chi connectivity index (χ2v) is 9.50. The molecule has 4 aromatic rings. The van der Waals surface area contributed by atoms with Gasteiger partial charge in [-0.2, -0.15) is 18.3 Å². The molecule has 8 nitrogen and oxygen atoms in total.